The van der Waals surface area contributed by atoms with Gasteiger partial charge >= 0.3 is 0 Å². The molecule has 0 aliphatic rings. The van der Waals surface area contributed by atoms with Crippen LogP contribution in [0.2, 0.25) is 0 Å². The molecule has 114 valence electrons. The molecule has 4 nitrogen and oxygen atoms in total. The summed E-state index contributed by atoms with van der Waals surface area (Å²) in [6.07, 6.45) is 1.29. The molecule has 0 unspecified atom stereocenters. The highest BCUT2D eigenvalue weighted by Gasteiger charge is 2.08. The number of aromatic nitrogens is 2. The van der Waals surface area contributed by atoms with Crippen LogP contribution in [0.3, 0.4) is 0 Å². The lowest BCUT2D eigenvalue weighted by Crippen LogP contribution is -2.27. The van der Waals surface area contributed by atoms with Gasteiger partial charge in [0.15, 0.2) is 0 Å². The standard InChI is InChI=1S/C17H25N3O/c1-11(2)10-18-16(21)8-6-13-5-7-14-15(9-13)20-17(19-14)12(3)4/h5,7,9,11-12H,6,8,10H2,1-4H3,(H,18,21)(H,19,20). The van der Waals surface area contributed by atoms with Gasteiger partial charge in [-0.25, -0.2) is 4.98 Å². The molecule has 0 aliphatic carbocycles. The number of H-pyrrole nitrogens is 1. The molecule has 0 atom stereocenters. The smallest absolute Gasteiger partial charge is 0.220 e. The second kappa shape index (κ2) is 6.74. The Kier molecular flexibility index (Phi) is 4.99. The zero-order valence-electron chi connectivity index (χ0n) is 13.4. The third-order valence-corrected chi connectivity index (χ3v) is 3.46. The van der Waals surface area contributed by atoms with Crippen LogP contribution in [-0.4, -0.2) is 22.4 Å². The van der Waals surface area contributed by atoms with Crippen molar-refractivity contribution in [1.82, 2.24) is 15.3 Å². The van der Waals surface area contributed by atoms with Crippen LogP contribution in [0.25, 0.3) is 11.0 Å². The quantitative estimate of drug-likeness (QED) is 0.855. The summed E-state index contributed by atoms with van der Waals surface area (Å²) in [6.45, 7) is 9.18. The molecule has 0 radical (unpaired) electrons. The van der Waals surface area contributed by atoms with E-state index in [2.05, 4.69) is 55.1 Å². The van der Waals surface area contributed by atoms with Gasteiger partial charge in [-0.15, -0.1) is 0 Å². The maximum atomic E-state index is 11.7. The third kappa shape index (κ3) is 4.31. The van der Waals surface area contributed by atoms with Gasteiger partial charge in [0.1, 0.15) is 5.82 Å². The number of carbonyl (C=O) groups excluding carboxylic acids is 1. The van der Waals surface area contributed by atoms with Crippen LogP contribution < -0.4 is 5.32 Å². The number of fused-ring (bicyclic) bond motifs is 1. The molecule has 0 aliphatic heterocycles. The Morgan fingerprint density at radius 3 is 2.71 bits per heavy atom. The van der Waals surface area contributed by atoms with E-state index in [9.17, 15) is 4.79 Å². The van der Waals surface area contributed by atoms with Crippen LogP contribution in [0.5, 0.6) is 0 Å². The highest BCUT2D eigenvalue weighted by atomic mass is 16.1. The fraction of sp³-hybridized carbons (Fsp3) is 0.529. The predicted octanol–water partition coefficient (Wildman–Crippen LogP) is 3.39. The second-order valence-electron chi connectivity index (χ2n) is 6.33. The fourth-order valence-electron chi connectivity index (χ4n) is 2.17. The number of amides is 1. The number of hydrogen-bond donors (Lipinski definition) is 2. The summed E-state index contributed by atoms with van der Waals surface area (Å²) < 4.78 is 0. The van der Waals surface area contributed by atoms with Crippen molar-refractivity contribution in [2.24, 2.45) is 5.92 Å². The summed E-state index contributed by atoms with van der Waals surface area (Å²) in [7, 11) is 0. The van der Waals surface area contributed by atoms with Crippen molar-refractivity contribution in [1.29, 1.82) is 0 Å². The van der Waals surface area contributed by atoms with Crippen LogP contribution in [0.15, 0.2) is 18.2 Å². The molecule has 1 heterocycles. The lowest BCUT2D eigenvalue weighted by Gasteiger charge is -2.07. The first-order valence-corrected chi connectivity index (χ1v) is 7.71. The van der Waals surface area contributed by atoms with E-state index in [1.165, 1.54) is 5.56 Å². The molecule has 0 spiro atoms. The first kappa shape index (κ1) is 15.5. The van der Waals surface area contributed by atoms with Crippen molar-refractivity contribution < 1.29 is 4.79 Å². The van der Waals surface area contributed by atoms with E-state index in [0.29, 0.717) is 18.3 Å². The molecule has 1 amide bonds. The molecule has 0 saturated heterocycles. The lowest BCUT2D eigenvalue weighted by molar-refractivity contribution is -0.121. The Morgan fingerprint density at radius 2 is 2.05 bits per heavy atom. The number of benzene rings is 1. The van der Waals surface area contributed by atoms with Gasteiger partial charge in [0.2, 0.25) is 5.91 Å². The van der Waals surface area contributed by atoms with Gasteiger partial charge in [0.05, 0.1) is 11.0 Å². The van der Waals surface area contributed by atoms with Crippen molar-refractivity contribution in [3.63, 3.8) is 0 Å². The molecule has 1 aromatic heterocycles. The summed E-state index contributed by atoms with van der Waals surface area (Å²) in [5, 5.41) is 2.95. The number of nitrogens with zero attached hydrogens (tertiary/aromatic N) is 1. The summed E-state index contributed by atoms with van der Waals surface area (Å²) >= 11 is 0. The Morgan fingerprint density at radius 1 is 1.29 bits per heavy atom. The van der Waals surface area contributed by atoms with Gasteiger partial charge in [0, 0.05) is 18.9 Å². The minimum Gasteiger partial charge on any atom is -0.356 e. The zero-order chi connectivity index (χ0) is 15.4. The lowest BCUT2D eigenvalue weighted by atomic mass is 10.1. The normalized spacial score (nSPS) is 11.5. The van der Waals surface area contributed by atoms with Crippen LogP contribution >= 0.6 is 0 Å². The Bertz CT molecular complexity index is 614. The maximum absolute atomic E-state index is 11.7. The van der Waals surface area contributed by atoms with E-state index in [-0.39, 0.29) is 5.91 Å². The molecule has 0 fully saturated rings. The Labute approximate surface area is 126 Å². The van der Waals surface area contributed by atoms with Gasteiger partial charge in [0.25, 0.3) is 0 Å². The predicted molar refractivity (Wildman–Crippen MR) is 86.4 cm³/mol. The third-order valence-electron chi connectivity index (χ3n) is 3.46. The fourth-order valence-corrected chi connectivity index (χ4v) is 2.17. The van der Waals surface area contributed by atoms with Crippen molar-refractivity contribution in [2.45, 2.75) is 46.5 Å². The number of hydrogen-bond acceptors (Lipinski definition) is 2. The van der Waals surface area contributed by atoms with Crippen LogP contribution in [0.4, 0.5) is 0 Å². The monoisotopic (exact) mass is 287 g/mol. The maximum Gasteiger partial charge on any atom is 0.220 e. The van der Waals surface area contributed by atoms with Crippen LogP contribution in [0.1, 0.15) is 51.4 Å². The Hall–Kier alpha value is -1.84. The zero-order valence-corrected chi connectivity index (χ0v) is 13.4. The largest absolute Gasteiger partial charge is 0.356 e. The number of rotatable bonds is 6. The van der Waals surface area contributed by atoms with E-state index < -0.39 is 0 Å². The van der Waals surface area contributed by atoms with Crippen molar-refractivity contribution in [2.75, 3.05) is 6.54 Å². The van der Waals surface area contributed by atoms with Crippen molar-refractivity contribution >= 4 is 16.9 Å². The molecule has 2 N–H and O–H groups in total. The number of aryl methyl sites for hydroxylation is 1. The highest BCUT2D eigenvalue weighted by Crippen LogP contribution is 2.18. The number of imidazole rings is 1. The van der Waals surface area contributed by atoms with Crippen LogP contribution in [-0.2, 0) is 11.2 Å². The highest BCUT2D eigenvalue weighted by molar-refractivity contribution is 5.78. The van der Waals surface area contributed by atoms with E-state index in [4.69, 9.17) is 0 Å². The molecule has 0 saturated carbocycles. The summed E-state index contributed by atoms with van der Waals surface area (Å²) in [4.78, 5) is 19.7. The molecule has 21 heavy (non-hydrogen) atoms. The number of nitrogens with one attached hydrogen (secondary N) is 2. The molecule has 4 heteroatoms. The Balaban J connectivity index is 1.97. The van der Waals surface area contributed by atoms with Gasteiger partial charge < -0.3 is 10.3 Å². The minimum atomic E-state index is 0.122. The van der Waals surface area contributed by atoms with Crippen molar-refractivity contribution in [3.05, 3.63) is 29.6 Å². The number of carbonyl (C=O) groups is 1. The van der Waals surface area contributed by atoms with E-state index >= 15 is 0 Å². The van der Waals surface area contributed by atoms with E-state index in [1.54, 1.807) is 0 Å². The first-order chi connectivity index (χ1) is 9.95. The number of aromatic amines is 1. The molecule has 2 aromatic rings. The van der Waals surface area contributed by atoms with Gasteiger partial charge in [-0.05, 0) is 30.0 Å². The van der Waals surface area contributed by atoms with Gasteiger partial charge in [-0.1, -0.05) is 33.8 Å². The molecular weight excluding hydrogens is 262 g/mol. The van der Waals surface area contributed by atoms with E-state index in [1.807, 2.05) is 6.07 Å². The molecule has 2 rings (SSSR count). The summed E-state index contributed by atoms with van der Waals surface area (Å²) in [5.41, 5.74) is 3.21. The molecular formula is C17H25N3O. The van der Waals surface area contributed by atoms with Gasteiger partial charge in [-0.3, -0.25) is 4.79 Å². The average Bonchev–Trinajstić information content (AvgIpc) is 2.86. The second-order valence-corrected chi connectivity index (χ2v) is 6.33. The first-order valence-electron chi connectivity index (χ1n) is 7.71. The molecule has 0 bridgehead atoms. The topological polar surface area (TPSA) is 57.8 Å². The van der Waals surface area contributed by atoms with E-state index in [0.717, 1.165) is 29.8 Å². The van der Waals surface area contributed by atoms with Crippen LogP contribution in [0, 0.1) is 5.92 Å². The summed E-state index contributed by atoms with van der Waals surface area (Å²) in [5.74, 6) is 2.01. The van der Waals surface area contributed by atoms with Gasteiger partial charge in [-0.2, -0.15) is 0 Å². The van der Waals surface area contributed by atoms with Crippen molar-refractivity contribution in [3.8, 4) is 0 Å². The summed E-state index contributed by atoms with van der Waals surface area (Å²) in [6, 6.07) is 6.19. The SMILES string of the molecule is CC(C)CNC(=O)CCc1ccc2nc(C(C)C)[nH]c2c1. The minimum absolute atomic E-state index is 0.122. The average molecular weight is 287 g/mol. The molecule has 1 aromatic carbocycles.